The number of methoxy groups -OCH3 is 1. The highest BCUT2D eigenvalue weighted by molar-refractivity contribution is 9.10. The van der Waals surface area contributed by atoms with Crippen molar-refractivity contribution in [1.82, 2.24) is 4.98 Å². The van der Waals surface area contributed by atoms with Gasteiger partial charge in [0.1, 0.15) is 5.69 Å². The maximum atomic E-state index is 11.6. The van der Waals surface area contributed by atoms with Gasteiger partial charge in [-0.2, -0.15) is 0 Å². The summed E-state index contributed by atoms with van der Waals surface area (Å²) in [6.07, 6.45) is 2.09. The first-order chi connectivity index (χ1) is 7.48. The number of rotatable bonds is 5. The molecule has 0 radical (unpaired) electrons. The molecule has 0 bridgehead atoms. The fraction of sp³-hybridized carbons (Fsp3) is 0.444. The van der Waals surface area contributed by atoms with Crippen LogP contribution in [0.2, 0.25) is 0 Å². The third-order valence-corrected chi connectivity index (χ3v) is 3.66. The largest absolute Gasteiger partial charge is 0.479 e. The summed E-state index contributed by atoms with van der Waals surface area (Å²) in [7, 11) is -1.89. The normalized spacial score (nSPS) is 11.2. The summed E-state index contributed by atoms with van der Waals surface area (Å²) in [6, 6.07) is 1.61. The van der Waals surface area contributed by atoms with Crippen molar-refractivity contribution in [3.05, 3.63) is 16.7 Å². The van der Waals surface area contributed by atoms with Crippen molar-refractivity contribution in [3.8, 4) is 5.88 Å². The Labute approximate surface area is 103 Å². The van der Waals surface area contributed by atoms with Crippen molar-refractivity contribution in [3.63, 3.8) is 0 Å². The molecular weight excluding hydrogens is 296 g/mol. The molecule has 1 N–H and O–H groups in total. The Morgan fingerprint density at radius 3 is 2.81 bits per heavy atom. The molecule has 1 aromatic rings. The fourth-order valence-electron chi connectivity index (χ4n) is 1.15. The molecule has 0 fully saturated rings. The molecule has 0 aromatic carbocycles. The number of sulfonamides is 1. The van der Waals surface area contributed by atoms with E-state index < -0.39 is 10.0 Å². The van der Waals surface area contributed by atoms with Gasteiger partial charge in [0.05, 0.1) is 12.9 Å². The third kappa shape index (κ3) is 3.64. The van der Waals surface area contributed by atoms with Crippen LogP contribution in [0.5, 0.6) is 5.88 Å². The summed E-state index contributed by atoms with van der Waals surface area (Å²) in [5, 5.41) is 0. The highest BCUT2D eigenvalue weighted by Crippen LogP contribution is 2.25. The van der Waals surface area contributed by atoms with Crippen molar-refractivity contribution < 1.29 is 13.2 Å². The molecule has 0 saturated heterocycles. The Balaban J connectivity index is 3.00. The number of ether oxygens (including phenoxy) is 1. The summed E-state index contributed by atoms with van der Waals surface area (Å²) in [4.78, 5) is 3.94. The number of nitrogens with zero attached hydrogens (tertiary/aromatic N) is 1. The lowest BCUT2D eigenvalue weighted by Gasteiger charge is -2.10. The van der Waals surface area contributed by atoms with E-state index in [0.29, 0.717) is 16.6 Å². The van der Waals surface area contributed by atoms with E-state index in [-0.39, 0.29) is 11.6 Å². The van der Waals surface area contributed by atoms with Gasteiger partial charge in [-0.05, 0) is 28.4 Å². The number of pyridine rings is 1. The lowest BCUT2D eigenvalue weighted by molar-refractivity contribution is 0.400. The van der Waals surface area contributed by atoms with Crippen LogP contribution >= 0.6 is 15.9 Å². The van der Waals surface area contributed by atoms with E-state index in [1.54, 1.807) is 13.0 Å². The number of hydrogen-bond acceptors (Lipinski definition) is 4. The second kappa shape index (κ2) is 5.49. The summed E-state index contributed by atoms with van der Waals surface area (Å²) >= 11 is 3.22. The lowest BCUT2D eigenvalue weighted by Crippen LogP contribution is -2.16. The van der Waals surface area contributed by atoms with Crippen molar-refractivity contribution in [2.75, 3.05) is 17.6 Å². The quantitative estimate of drug-likeness (QED) is 0.903. The zero-order chi connectivity index (χ0) is 12.2. The van der Waals surface area contributed by atoms with Crippen LogP contribution < -0.4 is 9.46 Å². The van der Waals surface area contributed by atoms with Crippen molar-refractivity contribution in [2.24, 2.45) is 0 Å². The molecule has 0 unspecified atom stereocenters. The Morgan fingerprint density at radius 1 is 1.56 bits per heavy atom. The smallest absolute Gasteiger partial charge is 0.238 e. The number of hydrogen-bond donors (Lipinski definition) is 1. The van der Waals surface area contributed by atoms with Gasteiger partial charge in [0.25, 0.3) is 0 Å². The number of anilines is 1. The standard InChI is InChI=1S/C9H13BrN2O3S/c1-3-4-16(13,14)12-8-5-7(10)6-11-9(8)15-2/h5-6,12H,3-4H2,1-2H3. The molecule has 0 aliphatic carbocycles. The van der Waals surface area contributed by atoms with E-state index in [9.17, 15) is 8.42 Å². The number of aromatic nitrogens is 1. The van der Waals surface area contributed by atoms with E-state index in [4.69, 9.17) is 4.74 Å². The molecule has 0 saturated carbocycles. The number of halogens is 1. The average Bonchev–Trinajstić information content (AvgIpc) is 2.17. The maximum Gasteiger partial charge on any atom is 0.238 e. The minimum Gasteiger partial charge on any atom is -0.479 e. The predicted molar refractivity (Wildman–Crippen MR) is 66.2 cm³/mol. The topological polar surface area (TPSA) is 68.3 Å². The SMILES string of the molecule is CCCS(=O)(=O)Nc1cc(Br)cnc1OC. The predicted octanol–water partition coefficient (Wildman–Crippen LogP) is 2.00. The van der Waals surface area contributed by atoms with Gasteiger partial charge < -0.3 is 4.74 Å². The molecule has 1 heterocycles. The molecule has 1 aromatic heterocycles. The monoisotopic (exact) mass is 308 g/mol. The first-order valence-corrected chi connectivity index (χ1v) is 7.13. The summed E-state index contributed by atoms with van der Waals surface area (Å²) in [5.74, 6) is 0.325. The van der Waals surface area contributed by atoms with Gasteiger partial charge in [-0.25, -0.2) is 13.4 Å². The molecule has 0 amide bonds. The fourth-order valence-corrected chi connectivity index (χ4v) is 2.60. The second-order valence-electron chi connectivity index (χ2n) is 3.13. The molecule has 0 spiro atoms. The average molecular weight is 309 g/mol. The Kier molecular flexibility index (Phi) is 4.55. The first kappa shape index (κ1) is 13.2. The Morgan fingerprint density at radius 2 is 2.25 bits per heavy atom. The zero-order valence-electron chi connectivity index (χ0n) is 9.03. The second-order valence-corrected chi connectivity index (χ2v) is 5.89. The molecule has 7 heteroatoms. The summed E-state index contributed by atoms with van der Waals surface area (Å²) in [6.45, 7) is 1.80. The molecule has 90 valence electrons. The first-order valence-electron chi connectivity index (χ1n) is 4.68. The van der Waals surface area contributed by atoms with Crippen LogP contribution in [0.25, 0.3) is 0 Å². The van der Waals surface area contributed by atoms with Gasteiger partial charge in [-0.3, -0.25) is 4.72 Å². The maximum absolute atomic E-state index is 11.6. The van der Waals surface area contributed by atoms with Gasteiger partial charge in [0.15, 0.2) is 0 Å². The summed E-state index contributed by atoms with van der Waals surface area (Å²) < 4.78 is 31.2. The molecule has 16 heavy (non-hydrogen) atoms. The van der Waals surface area contributed by atoms with Crippen LogP contribution in [0.1, 0.15) is 13.3 Å². The van der Waals surface area contributed by atoms with Crippen LogP contribution in [0.4, 0.5) is 5.69 Å². The van der Waals surface area contributed by atoms with Crippen LogP contribution in [0.15, 0.2) is 16.7 Å². The van der Waals surface area contributed by atoms with Crippen LogP contribution in [-0.4, -0.2) is 26.3 Å². The van der Waals surface area contributed by atoms with E-state index in [2.05, 4.69) is 25.6 Å². The Hall–Kier alpha value is -0.820. The van der Waals surface area contributed by atoms with Crippen molar-refractivity contribution >= 4 is 31.6 Å². The lowest BCUT2D eigenvalue weighted by atomic mass is 10.4. The van der Waals surface area contributed by atoms with Crippen LogP contribution in [0, 0.1) is 0 Å². The highest BCUT2D eigenvalue weighted by Gasteiger charge is 2.13. The molecule has 1 rings (SSSR count). The van der Waals surface area contributed by atoms with E-state index in [1.807, 2.05) is 0 Å². The van der Waals surface area contributed by atoms with Crippen LogP contribution in [0.3, 0.4) is 0 Å². The Bertz CT molecular complexity index is 462. The molecule has 0 atom stereocenters. The van der Waals surface area contributed by atoms with Gasteiger partial charge in [-0.1, -0.05) is 6.92 Å². The minimum absolute atomic E-state index is 0.0721. The molecule has 0 aliphatic rings. The van der Waals surface area contributed by atoms with Crippen molar-refractivity contribution in [1.29, 1.82) is 0 Å². The van der Waals surface area contributed by atoms with Crippen molar-refractivity contribution in [2.45, 2.75) is 13.3 Å². The van der Waals surface area contributed by atoms with Gasteiger partial charge in [0, 0.05) is 10.7 Å². The zero-order valence-corrected chi connectivity index (χ0v) is 11.4. The molecular formula is C9H13BrN2O3S. The third-order valence-electron chi connectivity index (χ3n) is 1.75. The number of nitrogens with one attached hydrogen (secondary N) is 1. The van der Waals surface area contributed by atoms with E-state index in [1.165, 1.54) is 13.3 Å². The summed E-state index contributed by atoms with van der Waals surface area (Å²) in [5.41, 5.74) is 0.338. The minimum atomic E-state index is -3.32. The highest BCUT2D eigenvalue weighted by atomic mass is 79.9. The van der Waals surface area contributed by atoms with Crippen LogP contribution in [-0.2, 0) is 10.0 Å². The van der Waals surface area contributed by atoms with Gasteiger partial charge >= 0.3 is 0 Å². The van der Waals surface area contributed by atoms with E-state index in [0.717, 1.165) is 0 Å². The van der Waals surface area contributed by atoms with Gasteiger partial charge in [0.2, 0.25) is 15.9 Å². The van der Waals surface area contributed by atoms with E-state index >= 15 is 0 Å². The molecule has 5 nitrogen and oxygen atoms in total. The molecule has 0 aliphatic heterocycles. The van der Waals surface area contributed by atoms with Gasteiger partial charge in [-0.15, -0.1) is 0 Å².